The van der Waals surface area contributed by atoms with E-state index in [1.807, 2.05) is 6.92 Å². The third-order valence-corrected chi connectivity index (χ3v) is 5.86. The Hall–Kier alpha value is -0.390. The van der Waals surface area contributed by atoms with Crippen molar-refractivity contribution in [2.24, 2.45) is 5.92 Å². The van der Waals surface area contributed by atoms with Gasteiger partial charge in [-0.15, -0.1) is 0 Å². The Balaban J connectivity index is 1.98. The van der Waals surface area contributed by atoms with Crippen LogP contribution in [0.5, 0.6) is 0 Å². The zero-order valence-corrected chi connectivity index (χ0v) is 12.9. The van der Waals surface area contributed by atoms with Crippen molar-refractivity contribution in [2.45, 2.75) is 37.5 Å². The molecule has 100 valence electrons. The summed E-state index contributed by atoms with van der Waals surface area (Å²) >= 11 is 3.37. The van der Waals surface area contributed by atoms with Crippen molar-refractivity contribution in [1.82, 2.24) is 4.72 Å². The fourth-order valence-electron chi connectivity index (χ4n) is 2.05. The lowest BCUT2D eigenvalue weighted by Gasteiger charge is -2.25. The topological polar surface area (TPSA) is 46.2 Å². The molecule has 18 heavy (non-hydrogen) atoms. The molecule has 1 N–H and O–H groups in total. The van der Waals surface area contributed by atoms with E-state index in [2.05, 4.69) is 20.7 Å². The van der Waals surface area contributed by atoms with Crippen LogP contribution in [0.4, 0.5) is 0 Å². The van der Waals surface area contributed by atoms with Gasteiger partial charge in [-0.25, -0.2) is 13.1 Å². The summed E-state index contributed by atoms with van der Waals surface area (Å²) in [5, 5.41) is 0. The minimum Gasteiger partial charge on any atom is -0.211 e. The number of benzene rings is 1. The van der Waals surface area contributed by atoms with Crippen molar-refractivity contribution >= 4 is 26.0 Å². The second-order valence-corrected chi connectivity index (χ2v) is 7.52. The molecule has 0 saturated heterocycles. The number of halogens is 1. The first kappa shape index (κ1) is 14.0. The van der Waals surface area contributed by atoms with Crippen LogP contribution in [0.2, 0.25) is 0 Å². The van der Waals surface area contributed by atoms with E-state index in [4.69, 9.17) is 0 Å². The molecular weight excluding hydrogens is 314 g/mol. The molecule has 0 amide bonds. The van der Waals surface area contributed by atoms with Gasteiger partial charge in [0.2, 0.25) is 10.0 Å². The second-order valence-electron chi connectivity index (χ2n) is 4.89. The van der Waals surface area contributed by atoms with Crippen LogP contribution in [0.3, 0.4) is 0 Å². The van der Waals surface area contributed by atoms with E-state index in [1.54, 1.807) is 18.2 Å². The number of hydrogen-bond acceptors (Lipinski definition) is 2. The molecule has 0 aliphatic heterocycles. The van der Waals surface area contributed by atoms with Crippen molar-refractivity contribution in [3.63, 3.8) is 0 Å². The summed E-state index contributed by atoms with van der Waals surface area (Å²) in [6, 6.07) is 5.09. The molecule has 0 aromatic heterocycles. The lowest BCUT2D eigenvalue weighted by Crippen LogP contribution is -2.27. The number of aryl methyl sites for hydroxylation is 1. The zero-order valence-electron chi connectivity index (χ0n) is 10.4. The highest BCUT2D eigenvalue weighted by atomic mass is 79.9. The molecule has 1 aromatic rings. The van der Waals surface area contributed by atoms with E-state index in [0.717, 1.165) is 22.4 Å². The van der Waals surface area contributed by atoms with Crippen molar-refractivity contribution in [3.05, 3.63) is 28.2 Å². The molecule has 3 nitrogen and oxygen atoms in total. The fraction of sp³-hybridized carbons (Fsp3) is 0.538. The third-order valence-electron chi connectivity index (χ3n) is 3.51. The summed E-state index contributed by atoms with van der Waals surface area (Å²) < 4.78 is 27.7. The SMILES string of the molecule is Cc1cc(S(=O)(=O)NCCC2CCC2)ccc1Br. The van der Waals surface area contributed by atoms with Gasteiger partial charge in [0.1, 0.15) is 0 Å². The maximum Gasteiger partial charge on any atom is 0.240 e. The van der Waals surface area contributed by atoms with Crippen LogP contribution in [0, 0.1) is 12.8 Å². The molecule has 0 heterocycles. The van der Waals surface area contributed by atoms with Gasteiger partial charge in [-0.2, -0.15) is 0 Å². The molecule has 1 aliphatic rings. The summed E-state index contributed by atoms with van der Waals surface area (Å²) in [5.41, 5.74) is 0.928. The first-order valence-electron chi connectivity index (χ1n) is 6.25. The fourth-order valence-corrected chi connectivity index (χ4v) is 3.43. The standard InChI is InChI=1S/C13H18BrNO2S/c1-10-9-12(5-6-13(10)14)18(16,17)15-8-7-11-3-2-4-11/h5-6,9,11,15H,2-4,7-8H2,1H3. The van der Waals surface area contributed by atoms with Gasteiger partial charge < -0.3 is 0 Å². The van der Waals surface area contributed by atoms with Crippen LogP contribution in [0.15, 0.2) is 27.6 Å². The second kappa shape index (κ2) is 5.72. The van der Waals surface area contributed by atoms with Gasteiger partial charge in [0.25, 0.3) is 0 Å². The molecule has 2 rings (SSSR count). The molecular formula is C13H18BrNO2S. The van der Waals surface area contributed by atoms with Crippen molar-refractivity contribution in [2.75, 3.05) is 6.54 Å². The molecule has 1 aromatic carbocycles. The predicted octanol–water partition coefficient (Wildman–Crippen LogP) is 3.23. The minimum atomic E-state index is -3.35. The van der Waals surface area contributed by atoms with Crippen LogP contribution in [0.25, 0.3) is 0 Å². The molecule has 0 spiro atoms. The summed E-state index contributed by atoms with van der Waals surface area (Å²) in [7, 11) is -3.35. The van der Waals surface area contributed by atoms with Crippen molar-refractivity contribution in [3.8, 4) is 0 Å². The summed E-state index contributed by atoms with van der Waals surface area (Å²) in [5.74, 6) is 0.722. The molecule has 0 radical (unpaired) electrons. The molecule has 0 unspecified atom stereocenters. The Labute approximate surface area is 117 Å². The number of sulfonamides is 1. The van der Waals surface area contributed by atoms with Gasteiger partial charge in [0, 0.05) is 11.0 Å². The van der Waals surface area contributed by atoms with Crippen LogP contribution in [0.1, 0.15) is 31.2 Å². The molecule has 1 aliphatic carbocycles. The normalized spacial score (nSPS) is 16.6. The van der Waals surface area contributed by atoms with Gasteiger partial charge >= 0.3 is 0 Å². The molecule has 1 fully saturated rings. The average Bonchev–Trinajstić information content (AvgIpc) is 2.25. The van der Waals surface area contributed by atoms with Gasteiger partial charge in [0.15, 0.2) is 0 Å². The zero-order chi connectivity index (χ0) is 13.2. The number of rotatable bonds is 5. The average molecular weight is 332 g/mol. The molecule has 5 heteroatoms. The van der Waals surface area contributed by atoms with E-state index in [1.165, 1.54) is 19.3 Å². The lowest BCUT2D eigenvalue weighted by molar-refractivity contribution is 0.297. The van der Waals surface area contributed by atoms with E-state index in [9.17, 15) is 8.42 Å². The molecule has 1 saturated carbocycles. The quantitative estimate of drug-likeness (QED) is 0.900. The monoisotopic (exact) mass is 331 g/mol. The van der Waals surface area contributed by atoms with E-state index < -0.39 is 10.0 Å². The van der Waals surface area contributed by atoms with Crippen LogP contribution >= 0.6 is 15.9 Å². The highest BCUT2D eigenvalue weighted by Crippen LogP contribution is 2.29. The van der Waals surface area contributed by atoms with Gasteiger partial charge in [0.05, 0.1) is 4.90 Å². The predicted molar refractivity (Wildman–Crippen MR) is 76.0 cm³/mol. The Morgan fingerprint density at radius 1 is 1.39 bits per heavy atom. The largest absolute Gasteiger partial charge is 0.240 e. The first-order chi connectivity index (χ1) is 8.49. The van der Waals surface area contributed by atoms with Crippen LogP contribution < -0.4 is 4.72 Å². The summed E-state index contributed by atoms with van der Waals surface area (Å²) in [4.78, 5) is 0.344. The molecule has 0 atom stereocenters. The number of nitrogens with one attached hydrogen (secondary N) is 1. The van der Waals surface area contributed by atoms with Gasteiger partial charge in [-0.1, -0.05) is 35.2 Å². The van der Waals surface area contributed by atoms with Crippen LogP contribution in [-0.2, 0) is 10.0 Å². The maximum atomic E-state index is 12.1. The van der Waals surface area contributed by atoms with Crippen LogP contribution in [-0.4, -0.2) is 15.0 Å². The summed E-state index contributed by atoms with van der Waals surface area (Å²) in [6.45, 7) is 2.43. The maximum absolute atomic E-state index is 12.1. The van der Waals surface area contributed by atoms with Crippen molar-refractivity contribution < 1.29 is 8.42 Å². The Bertz CT molecular complexity index is 524. The Kier molecular flexibility index (Phi) is 4.45. The van der Waals surface area contributed by atoms with Gasteiger partial charge in [-0.3, -0.25) is 0 Å². The van der Waals surface area contributed by atoms with Crippen molar-refractivity contribution in [1.29, 1.82) is 0 Å². The highest BCUT2D eigenvalue weighted by Gasteiger charge is 2.19. The smallest absolute Gasteiger partial charge is 0.211 e. The Morgan fingerprint density at radius 3 is 2.67 bits per heavy atom. The third kappa shape index (κ3) is 3.33. The van der Waals surface area contributed by atoms with Gasteiger partial charge in [-0.05, 0) is 43.0 Å². The van der Waals surface area contributed by atoms with E-state index >= 15 is 0 Å². The minimum absolute atomic E-state index is 0.344. The highest BCUT2D eigenvalue weighted by molar-refractivity contribution is 9.10. The molecule has 0 bridgehead atoms. The Morgan fingerprint density at radius 2 is 2.11 bits per heavy atom. The summed E-state index contributed by atoms with van der Waals surface area (Å²) in [6.07, 6.45) is 4.75. The van der Waals surface area contributed by atoms with E-state index in [0.29, 0.717) is 11.4 Å². The van der Waals surface area contributed by atoms with E-state index in [-0.39, 0.29) is 0 Å². The first-order valence-corrected chi connectivity index (χ1v) is 8.52. The number of hydrogen-bond donors (Lipinski definition) is 1. The lowest BCUT2D eigenvalue weighted by atomic mass is 9.83.